The molecule has 0 atom stereocenters. The molecule has 3 aromatic heterocycles. The zero-order valence-corrected chi connectivity index (χ0v) is 17.5. The molecule has 6 heteroatoms. The van der Waals surface area contributed by atoms with Gasteiger partial charge in [0.25, 0.3) is 0 Å². The molecule has 1 aliphatic heterocycles. The first-order valence-electron chi connectivity index (χ1n) is 10.6. The van der Waals surface area contributed by atoms with Crippen LogP contribution in [-0.2, 0) is 17.7 Å². The molecule has 5 aromatic rings. The van der Waals surface area contributed by atoms with Crippen molar-refractivity contribution in [1.29, 1.82) is 0 Å². The van der Waals surface area contributed by atoms with Gasteiger partial charge >= 0.3 is 5.97 Å². The number of benzene rings is 2. The standard InChI is InChI=1S/C26H20N2O4/c1-2-31-26(30)21-10-16(15-29)11-22-25(21)20-13-18-4-3-8-27(18)14-23(20)28(22)19-5-6-24-17(12-19)7-9-32-24/h3-12,15H,2,13-14H2,1H3. The third-order valence-electron chi connectivity index (χ3n) is 6.23. The lowest BCUT2D eigenvalue weighted by molar-refractivity contribution is 0.0528. The van der Waals surface area contributed by atoms with E-state index < -0.39 is 5.97 Å². The molecule has 0 bridgehead atoms. The Bertz CT molecular complexity index is 1530. The van der Waals surface area contributed by atoms with Gasteiger partial charge in [0, 0.05) is 46.0 Å². The quantitative estimate of drug-likeness (QED) is 0.291. The monoisotopic (exact) mass is 424 g/mol. The summed E-state index contributed by atoms with van der Waals surface area (Å²) in [5, 5.41) is 1.84. The van der Waals surface area contributed by atoms with E-state index in [1.807, 2.05) is 30.3 Å². The van der Waals surface area contributed by atoms with Crippen LogP contribution in [0.25, 0.3) is 27.6 Å². The number of nitrogens with zero attached hydrogens (tertiary/aromatic N) is 2. The Morgan fingerprint density at radius 2 is 2.09 bits per heavy atom. The second kappa shape index (κ2) is 6.99. The van der Waals surface area contributed by atoms with Crippen LogP contribution in [0, 0.1) is 0 Å². The van der Waals surface area contributed by atoms with Crippen LogP contribution < -0.4 is 0 Å². The van der Waals surface area contributed by atoms with Gasteiger partial charge in [0.2, 0.25) is 0 Å². The van der Waals surface area contributed by atoms with Crippen molar-refractivity contribution >= 4 is 34.1 Å². The molecule has 6 nitrogen and oxygen atoms in total. The zero-order valence-electron chi connectivity index (χ0n) is 17.5. The Morgan fingerprint density at radius 1 is 1.19 bits per heavy atom. The van der Waals surface area contributed by atoms with Crippen molar-refractivity contribution in [1.82, 2.24) is 9.13 Å². The molecule has 0 spiro atoms. The number of aromatic nitrogens is 2. The van der Waals surface area contributed by atoms with Crippen LogP contribution in [0.4, 0.5) is 0 Å². The van der Waals surface area contributed by atoms with Crippen molar-refractivity contribution in [3.8, 4) is 5.69 Å². The van der Waals surface area contributed by atoms with Crippen molar-refractivity contribution < 1.29 is 18.7 Å². The van der Waals surface area contributed by atoms with E-state index in [9.17, 15) is 9.59 Å². The molecule has 0 N–H and O–H groups in total. The number of rotatable bonds is 4. The number of carbonyl (C=O) groups excluding carboxylic acids is 2. The highest BCUT2D eigenvalue weighted by Crippen LogP contribution is 2.38. The summed E-state index contributed by atoms with van der Waals surface area (Å²) in [6, 6.07) is 15.6. The summed E-state index contributed by atoms with van der Waals surface area (Å²) < 4.78 is 15.3. The fourth-order valence-electron chi connectivity index (χ4n) is 4.86. The maximum Gasteiger partial charge on any atom is 0.338 e. The van der Waals surface area contributed by atoms with E-state index in [-0.39, 0.29) is 6.61 Å². The summed E-state index contributed by atoms with van der Waals surface area (Å²) in [6.45, 7) is 2.73. The van der Waals surface area contributed by atoms with Crippen LogP contribution in [0.2, 0.25) is 0 Å². The highest BCUT2D eigenvalue weighted by molar-refractivity contribution is 6.08. The second-order valence-electron chi connectivity index (χ2n) is 8.01. The highest BCUT2D eigenvalue weighted by atomic mass is 16.5. The number of carbonyl (C=O) groups is 2. The molecule has 4 heterocycles. The largest absolute Gasteiger partial charge is 0.464 e. The minimum atomic E-state index is -0.410. The fraction of sp³-hybridized carbons (Fsp3) is 0.154. The summed E-state index contributed by atoms with van der Waals surface area (Å²) >= 11 is 0. The number of hydrogen-bond donors (Lipinski definition) is 0. The van der Waals surface area contributed by atoms with Crippen molar-refractivity contribution in [2.75, 3.05) is 6.61 Å². The van der Waals surface area contributed by atoms with Crippen LogP contribution >= 0.6 is 0 Å². The minimum Gasteiger partial charge on any atom is -0.464 e. The van der Waals surface area contributed by atoms with E-state index >= 15 is 0 Å². The maximum absolute atomic E-state index is 12.9. The van der Waals surface area contributed by atoms with Gasteiger partial charge in [-0.15, -0.1) is 0 Å². The molecule has 1 aliphatic rings. The molecule has 32 heavy (non-hydrogen) atoms. The summed E-state index contributed by atoms with van der Waals surface area (Å²) in [6.07, 6.45) is 5.23. The molecule has 0 saturated heterocycles. The number of furan rings is 1. The second-order valence-corrected chi connectivity index (χ2v) is 8.01. The zero-order chi connectivity index (χ0) is 21.8. The van der Waals surface area contributed by atoms with Crippen molar-refractivity contribution in [2.24, 2.45) is 0 Å². The third-order valence-corrected chi connectivity index (χ3v) is 6.23. The molecular formula is C26H20N2O4. The van der Waals surface area contributed by atoms with Crippen LogP contribution in [-0.4, -0.2) is 28.0 Å². The molecule has 2 aromatic carbocycles. The van der Waals surface area contributed by atoms with Crippen molar-refractivity contribution in [3.63, 3.8) is 0 Å². The number of hydrogen-bond acceptors (Lipinski definition) is 4. The van der Waals surface area contributed by atoms with E-state index in [1.54, 1.807) is 19.3 Å². The van der Waals surface area contributed by atoms with Gasteiger partial charge in [-0.1, -0.05) is 0 Å². The van der Waals surface area contributed by atoms with E-state index in [4.69, 9.17) is 9.15 Å². The lowest BCUT2D eigenvalue weighted by atomic mass is 9.97. The van der Waals surface area contributed by atoms with E-state index in [1.165, 1.54) is 5.69 Å². The van der Waals surface area contributed by atoms with Gasteiger partial charge in [-0.25, -0.2) is 4.79 Å². The summed E-state index contributed by atoms with van der Waals surface area (Å²) in [5.74, 6) is -0.410. The fourth-order valence-corrected chi connectivity index (χ4v) is 4.86. The van der Waals surface area contributed by atoms with Crippen molar-refractivity contribution in [3.05, 3.63) is 89.1 Å². The maximum atomic E-state index is 12.9. The molecule has 158 valence electrons. The van der Waals surface area contributed by atoms with Gasteiger partial charge in [0.1, 0.15) is 11.9 Å². The first-order valence-corrected chi connectivity index (χ1v) is 10.6. The topological polar surface area (TPSA) is 66.4 Å². The third kappa shape index (κ3) is 2.66. The van der Waals surface area contributed by atoms with Gasteiger partial charge in [0.15, 0.2) is 0 Å². The Kier molecular flexibility index (Phi) is 4.08. The number of fused-ring (bicyclic) bond motifs is 5. The molecule has 0 saturated carbocycles. The van der Waals surface area contributed by atoms with Crippen LogP contribution in [0.3, 0.4) is 0 Å². The van der Waals surface area contributed by atoms with Gasteiger partial charge in [0.05, 0.1) is 30.5 Å². The Balaban J connectivity index is 1.71. The lowest BCUT2D eigenvalue weighted by Crippen LogP contribution is -2.15. The smallest absolute Gasteiger partial charge is 0.338 e. The molecule has 0 fully saturated rings. The first-order chi connectivity index (χ1) is 15.7. The molecule has 0 unspecified atom stereocenters. The highest BCUT2D eigenvalue weighted by Gasteiger charge is 2.28. The number of ether oxygens (including phenoxy) is 1. The van der Waals surface area contributed by atoms with Gasteiger partial charge in [-0.2, -0.15) is 0 Å². The van der Waals surface area contributed by atoms with Gasteiger partial charge in [-0.3, -0.25) is 4.79 Å². The summed E-state index contributed by atoms with van der Waals surface area (Å²) in [5.41, 5.74) is 6.86. The molecule has 0 radical (unpaired) electrons. The minimum absolute atomic E-state index is 0.272. The van der Waals surface area contributed by atoms with Crippen LogP contribution in [0.5, 0.6) is 0 Å². The lowest BCUT2D eigenvalue weighted by Gasteiger charge is -2.20. The normalized spacial score (nSPS) is 12.7. The van der Waals surface area contributed by atoms with Gasteiger partial charge in [-0.05, 0) is 61.0 Å². The first kappa shape index (κ1) is 18.7. The average Bonchev–Trinajstić information content (AvgIpc) is 3.53. The predicted molar refractivity (Wildman–Crippen MR) is 121 cm³/mol. The SMILES string of the molecule is CCOC(=O)c1cc(C=O)cc2c1c1c(n2-c2ccc3occc3c2)Cn2cccc2C1. The number of esters is 1. The number of aldehydes is 1. The summed E-state index contributed by atoms with van der Waals surface area (Å²) in [4.78, 5) is 24.7. The van der Waals surface area contributed by atoms with Crippen LogP contribution in [0.15, 0.2) is 65.4 Å². The molecule has 0 amide bonds. The Hall–Kier alpha value is -4.06. The van der Waals surface area contributed by atoms with E-state index in [0.717, 1.165) is 45.1 Å². The average molecular weight is 424 g/mol. The van der Waals surface area contributed by atoms with Crippen LogP contribution in [0.1, 0.15) is 44.6 Å². The predicted octanol–water partition coefficient (Wildman–Crippen LogP) is 5.12. The molecular weight excluding hydrogens is 404 g/mol. The summed E-state index contributed by atoms with van der Waals surface area (Å²) in [7, 11) is 0. The van der Waals surface area contributed by atoms with Gasteiger partial charge < -0.3 is 18.3 Å². The Morgan fingerprint density at radius 3 is 2.94 bits per heavy atom. The van der Waals surface area contributed by atoms with E-state index in [2.05, 4.69) is 27.5 Å². The molecule has 0 aliphatic carbocycles. The van der Waals surface area contributed by atoms with E-state index in [0.29, 0.717) is 24.1 Å². The molecule has 6 rings (SSSR count). The van der Waals surface area contributed by atoms with Crippen molar-refractivity contribution in [2.45, 2.75) is 19.9 Å². The Labute approximate surface area is 183 Å².